The standard InChI is InChI=1S/C31H48O8/c1-6-20-8-10-24-23-9-7-21-15-22(39-29-27(35)26(34)28(17(2)37-29)38-19(4)33)11-14-31(21,16-36-18(3)32)25(23)12-13-30(20,24)5/h6,17,20-29,34-35H,1,7-16H2,2-5H3/t17?,20-,21-,22-,23-,24-,25-,26?,27?,28+,29-,30+,31+/m0/s1. The van der Waals surface area contributed by atoms with Crippen molar-refractivity contribution in [2.75, 3.05) is 6.61 Å². The molecule has 8 nitrogen and oxygen atoms in total. The maximum atomic E-state index is 12.0. The first-order chi connectivity index (χ1) is 18.5. The molecule has 2 N–H and O–H groups in total. The Morgan fingerprint density at radius 1 is 1.00 bits per heavy atom. The molecule has 5 aliphatic rings. The highest BCUT2D eigenvalue weighted by Gasteiger charge is 2.62. The Bertz CT molecular complexity index is 938. The van der Waals surface area contributed by atoms with E-state index in [-0.39, 0.29) is 17.5 Å². The second kappa shape index (κ2) is 11.1. The highest BCUT2D eigenvalue weighted by Crippen LogP contribution is 2.67. The summed E-state index contributed by atoms with van der Waals surface area (Å²) in [6.45, 7) is 11.6. The first-order valence-electron chi connectivity index (χ1n) is 15.1. The van der Waals surface area contributed by atoms with E-state index in [1.54, 1.807) is 6.92 Å². The average molecular weight is 549 g/mol. The van der Waals surface area contributed by atoms with Crippen molar-refractivity contribution in [2.45, 2.75) is 122 Å². The van der Waals surface area contributed by atoms with Gasteiger partial charge in [0.1, 0.15) is 12.2 Å². The minimum Gasteiger partial charge on any atom is -0.465 e. The molecule has 0 aromatic rings. The quantitative estimate of drug-likeness (QED) is 0.289. The van der Waals surface area contributed by atoms with Crippen molar-refractivity contribution >= 4 is 11.9 Å². The molecule has 0 aromatic carbocycles. The molecule has 0 bridgehead atoms. The van der Waals surface area contributed by atoms with E-state index in [2.05, 4.69) is 19.6 Å². The van der Waals surface area contributed by atoms with Crippen molar-refractivity contribution in [3.8, 4) is 0 Å². The van der Waals surface area contributed by atoms with E-state index < -0.39 is 36.7 Å². The van der Waals surface area contributed by atoms with Gasteiger partial charge in [0, 0.05) is 19.3 Å². The van der Waals surface area contributed by atoms with Gasteiger partial charge in [0.25, 0.3) is 0 Å². The van der Waals surface area contributed by atoms with Gasteiger partial charge in [-0.25, -0.2) is 0 Å². The molecule has 0 spiro atoms. The predicted molar refractivity (Wildman–Crippen MR) is 143 cm³/mol. The first kappa shape index (κ1) is 29.0. The Kier molecular flexibility index (Phi) is 8.24. The zero-order valence-corrected chi connectivity index (χ0v) is 24.1. The minimum absolute atomic E-state index is 0.0543. The van der Waals surface area contributed by atoms with Crippen molar-refractivity contribution < 1.29 is 38.7 Å². The molecule has 0 aromatic heterocycles. The van der Waals surface area contributed by atoms with E-state index in [0.717, 1.165) is 32.1 Å². The highest BCUT2D eigenvalue weighted by molar-refractivity contribution is 5.66. The fourth-order valence-corrected chi connectivity index (χ4v) is 9.74. The normalized spacial score (nSPS) is 49.2. The first-order valence-corrected chi connectivity index (χ1v) is 15.1. The number of hydrogen-bond donors (Lipinski definition) is 2. The van der Waals surface area contributed by atoms with Crippen LogP contribution in [0.2, 0.25) is 0 Å². The second-order valence-corrected chi connectivity index (χ2v) is 13.4. The largest absolute Gasteiger partial charge is 0.465 e. The summed E-state index contributed by atoms with van der Waals surface area (Å²) >= 11 is 0. The van der Waals surface area contributed by atoms with Crippen LogP contribution in [0.15, 0.2) is 12.7 Å². The summed E-state index contributed by atoms with van der Waals surface area (Å²) in [5.74, 6) is 2.07. The Hall–Kier alpha value is -1.48. The highest BCUT2D eigenvalue weighted by atomic mass is 16.7. The number of hydrogen-bond acceptors (Lipinski definition) is 8. The van der Waals surface area contributed by atoms with Crippen LogP contribution in [0.4, 0.5) is 0 Å². The lowest BCUT2D eigenvalue weighted by molar-refractivity contribution is -0.312. The van der Waals surface area contributed by atoms with Crippen LogP contribution >= 0.6 is 0 Å². The van der Waals surface area contributed by atoms with E-state index in [9.17, 15) is 19.8 Å². The van der Waals surface area contributed by atoms with Gasteiger partial charge in [0.2, 0.25) is 0 Å². The van der Waals surface area contributed by atoms with Gasteiger partial charge >= 0.3 is 11.9 Å². The van der Waals surface area contributed by atoms with Crippen LogP contribution in [-0.2, 0) is 28.5 Å². The molecule has 8 heteroatoms. The lowest BCUT2D eigenvalue weighted by atomic mass is 9.44. The molecule has 4 aliphatic carbocycles. The number of aliphatic hydroxyl groups excluding tert-OH is 2. The monoisotopic (exact) mass is 548 g/mol. The molecule has 5 fully saturated rings. The summed E-state index contributed by atoms with van der Waals surface area (Å²) in [5, 5.41) is 21.4. The van der Waals surface area contributed by atoms with E-state index in [1.807, 2.05) is 0 Å². The van der Waals surface area contributed by atoms with Gasteiger partial charge in [-0.1, -0.05) is 13.0 Å². The third kappa shape index (κ3) is 5.08. The Labute approximate surface area is 232 Å². The molecular weight excluding hydrogens is 500 g/mol. The van der Waals surface area contributed by atoms with Crippen LogP contribution in [0, 0.1) is 40.4 Å². The van der Waals surface area contributed by atoms with Gasteiger partial charge in [-0.3, -0.25) is 9.59 Å². The molecule has 220 valence electrons. The van der Waals surface area contributed by atoms with Crippen LogP contribution in [0.5, 0.6) is 0 Å². The molecule has 0 radical (unpaired) electrons. The molecule has 4 saturated carbocycles. The lowest BCUT2D eigenvalue weighted by Crippen LogP contribution is -2.60. The number of carbonyl (C=O) groups is 2. The summed E-state index contributed by atoms with van der Waals surface area (Å²) in [4.78, 5) is 23.4. The van der Waals surface area contributed by atoms with Crippen molar-refractivity contribution in [3.63, 3.8) is 0 Å². The van der Waals surface area contributed by atoms with Gasteiger partial charge in [0.15, 0.2) is 12.4 Å². The Morgan fingerprint density at radius 2 is 1.77 bits per heavy atom. The predicted octanol–water partition coefficient (Wildman–Crippen LogP) is 4.16. The van der Waals surface area contributed by atoms with Crippen LogP contribution in [0.3, 0.4) is 0 Å². The zero-order chi connectivity index (χ0) is 28.1. The summed E-state index contributed by atoms with van der Waals surface area (Å²) in [6, 6.07) is 0. The Balaban J connectivity index is 1.31. The minimum atomic E-state index is -1.31. The van der Waals surface area contributed by atoms with Gasteiger partial charge in [-0.2, -0.15) is 0 Å². The molecule has 13 atom stereocenters. The van der Waals surface area contributed by atoms with E-state index in [4.69, 9.17) is 18.9 Å². The molecular formula is C31H48O8. The summed E-state index contributed by atoms with van der Waals surface area (Å²) in [5.41, 5.74) is 0.274. The average Bonchev–Trinajstić information content (AvgIpc) is 3.24. The third-order valence-corrected chi connectivity index (χ3v) is 11.6. The topological polar surface area (TPSA) is 112 Å². The number of aliphatic hydroxyl groups is 2. The third-order valence-electron chi connectivity index (χ3n) is 11.6. The fraction of sp³-hybridized carbons (Fsp3) is 0.871. The Morgan fingerprint density at radius 3 is 2.46 bits per heavy atom. The molecule has 39 heavy (non-hydrogen) atoms. The SMILES string of the molecule is C=C[C@H]1CC[C@H]2[C@@H]3CC[C@H]4C[C@@H](O[C@@H]5OC(C)[C@@H](OC(C)=O)C(O)C5O)CC[C@]4(COC(C)=O)[C@H]3CC[C@]12C. The number of rotatable bonds is 6. The second-order valence-electron chi connectivity index (χ2n) is 13.4. The van der Waals surface area contributed by atoms with Gasteiger partial charge in [-0.05, 0) is 99.7 Å². The van der Waals surface area contributed by atoms with Crippen LogP contribution in [0.25, 0.3) is 0 Å². The van der Waals surface area contributed by atoms with Gasteiger partial charge < -0.3 is 29.2 Å². The smallest absolute Gasteiger partial charge is 0.303 e. The number of ether oxygens (including phenoxy) is 4. The van der Waals surface area contributed by atoms with E-state index in [0.29, 0.717) is 41.6 Å². The van der Waals surface area contributed by atoms with Gasteiger partial charge in [-0.15, -0.1) is 6.58 Å². The van der Waals surface area contributed by atoms with E-state index >= 15 is 0 Å². The molecule has 5 rings (SSSR count). The number of allylic oxidation sites excluding steroid dienone is 1. The van der Waals surface area contributed by atoms with E-state index in [1.165, 1.54) is 39.5 Å². The number of esters is 2. The number of carbonyl (C=O) groups excluding carboxylic acids is 2. The molecule has 1 aliphatic heterocycles. The summed E-state index contributed by atoms with van der Waals surface area (Å²) < 4.78 is 23.2. The van der Waals surface area contributed by atoms with Crippen LogP contribution in [-0.4, -0.2) is 65.6 Å². The summed E-state index contributed by atoms with van der Waals surface area (Å²) in [7, 11) is 0. The molecule has 0 amide bonds. The molecule has 3 unspecified atom stereocenters. The maximum Gasteiger partial charge on any atom is 0.303 e. The maximum absolute atomic E-state index is 12.0. The number of fused-ring (bicyclic) bond motifs is 5. The van der Waals surface area contributed by atoms with Crippen molar-refractivity contribution in [1.82, 2.24) is 0 Å². The van der Waals surface area contributed by atoms with Crippen molar-refractivity contribution in [1.29, 1.82) is 0 Å². The lowest BCUT2D eigenvalue weighted by Gasteiger charge is -2.61. The molecule has 1 heterocycles. The van der Waals surface area contributed by atoms with Gasteiger partial charge in [0.05, 0.1) is 18.8 Å². The zero-order valence-electron chi connectivity index (χ0n) is 24.1. The molecule has 1 saturated heterocycles. The van der Waals surface area contributed by atoms with Crippen LogP contribution in [0.1, 0.15) is 85.5 Å². The van der Waals surface area contributed by atoms with Crippen molar-refractivity contribution in [2.24, 2.45) is 40.4 Å². The fourth-order valence-electron chi connectivity index (χ4n) is 9.74. The van der Waals surface area contributed by atoms with Crippen LogP contribution < -0.4 is 0 Å². The van der Waals surface area contributed by atoms with Crippen molar-refractivity contribution in [3.05, 3.63) is 12.7 Å². The summed E-state index contributed by atoms with van der Waals surface area (Å²) in [6.07, 6.45) is 6.54.